The highest BCUT2D eigenvalue weighted by atomic mass is 16.3. The Morgan fingerprint density at radius 3 is 2.60 bits per heavy atom. The van der Waals surface area contributed by atoms with E-state index in [1.54, 1.807) is 0 Å². The molecule has 0 saturated heterocycles. The van der Waals surface area contributed by atoms with Gasteiger partial charge in [0, 0.05) is 13.1 Å². The molecule has 0 spiro atoms. The Balaban J connectivity index is 1.98. The average Bonchev–Trinajstić information content (AvgIpc) is 2.19. The van der Waals surface area contributed by atoms with Gasteiger partial charge in [0.15, 0.2) is 0 Å². The van der Waals surface area contributed by atoms with Gasteiger partial charge in [-0.05, 0) is 25.7 Å². The molecule has 0 radical (unpaired) electrons. The van der Waals surface area contributed by atoms with Crippen LogP contribution in [0, 0.1) is 0 Å². The monoisotopic (exact) mass is 214 g/mol. The summed E-state index contributed by atoms with van der Waals surface area (Å²) < 4.78 is 0. The predicted octanol–water partition coefficient (Wildman–Crippen LogP) is 1.39. The van der Waals surface area contributed by atoms with E-state index in [1.807, 2.05) is 0 Å². The lowest BCUT2D eigenvalue weighted by molar-refractivity contribution is -0.0290. The average molecular weight is 214 g/mol. The lowest BCUT2D eigenvalue weighted by Gasteiger charge is -2.36. The zero-order valence-electron chi connectivity index (χ0n) is 9.51. The van der Waals surface area contributed by atoms with Crippen LogP contribution in [0.2, 0.25) is 0 Å². The van der Waals surface area contributed by atoms with Gasteiger partial charge >= 0.3 is 6.03 Å². The highest BCUT2D eigenvalue weighted by Gasteiger charge is 2.34. The molecule has 88 valence electrons. The fourth-order valence-corrected chi connectivity index (χ4v) is 1.65. The summed E-state index contributed by atoms with van der Waals surface area (Å²) >= 11 is 0. The van der Waals surface area contributed by atoms with E-state index >= 15 is 0 Å². The molecule has 0 aromatic rings. The number of aliphatic hydroxyl groups is 1. The molecule has 1 aliphatic carbocycles. The summed E-state index contributed by atoms with van der Waals surface area (Å²) in [7, 11) is 0. The molecule has 4 nitrogen and oxygen atoms in total. The maximum atomic E-state index is 11.3. The molecule has 4 heteroatoms. The Kier molecular flexibility index (Phi) is 4.88. The number of hydrogen-bond acceptors (Lipinski definition) is 2. The normalized spacial score (nSPS) is 18.0. The van der Waals surface area contributed by atoms with Gasteiger partial charge in [0.05, 0.1) is 5.60 Å². The first kappa shape index (κ1) is 12.3. The first-order chi connectivity index (χ1) is 7.16. The number of hydrogen-bond donors (Lipinski definition) is 3. The van der Waals surface area contributed by atoms with Crippen molar-refractivity contribution in [2.75, 3.05) is 13.1 Å². The lowest BCUT2D eigenvalue weighted by Crippen LogP contribution is -2.50. The van der Waals surface area contributed by atoms with Crippen LogP contribution in [0.15, 0.2) is 0 Å². The number of carbonyl (C=O) groups excluding carboxylic acids is 1. The van der Waals surface area contributed by atoms with Gasteiger partial charge in [-0.2, -0.15) is 0 Å². The number of rotatable bonds is 6. The maximum Gasteiger partial charge on any atom is 0.314 e. The minimum absolute atomic E-state index is 0.161. The molecule has 0 atom stereocenters. The zero-order valence-corrected chi connectivity index (χ0v) is 9.51. The van der Waals surface area contributed by atoms with Crippen LogP contribution < -0.4 is 10.6 Å². The maximum absolute atomic E-state index is 11.3. The van der Waals surface area contributed by atoms with Gasteiger partial charge in [-0.25, -0.2) is 4.79 Å². The number of urea groups is 1. The SMILES string of the molecule is CCCCCNC(=O)NCC1(O)CCC1. The quantitative estimate of drug-likeness (QED) is 0.585. The number of carbonyl (C=O) groups is 1. The van der Waals surface area contributed by atoms with Crippen LogP contribution in [-0.2, 0) is 0 Å². The van der Waals surface area contributed by atoms with Crippen molar-refractivity contribution in [2.24, 2.45) is 0 Å². The minimum Gasteiger partial charge on any atom is -0.388 e. The lowest BCUT2D eigenvalue weighted by atomic mass is 9.80. The van der Waals surface area contributed by atoms with Crippen LogP contribution in [0.4, 0.5) is 4.79 Å². The fourth-order valence-electron chi connectivity index (χ4n) is 1.65. The van der Waals surface area contributed by atoms with E-state index < -0.39 is 5.60 Å². The second kappa shape index (κ2) is 5.95. The molecule has 1 aliphatic rings. The van der Waals surface area contributed by atoms with E-state index in [9.17, 15) is 9.90 Å². The molecule has 0 aromatic heterocycles. The van der Waals surface area contributed by atoms with Crippen molar-refractivity contribution in [1.82, 2.24) is 10.6 Å². The molecular formula is C11H22N2O2. The molecule has 2 amide bonds. The Morgan fingerprint density at radius 2 is 2.07 bits per heavy atom. The molecule has 1 fully saturated rings. The summed E-state index contributed by atoms with van der Waals surface area (Å²) in [5.74, 6) is 0. The highest BCUT2D eigenvalue weighted by molar-refractivity contribution is 5.73. The van der Waals surface area contributed by atoms with E-state index in [-0.39, 0.29) is 6.03 Å². The molecule has 0 aromatic carbocycles. The molecule has 3 N–H and O–H groups in total. The summed E-state index contributed by atoms with van der Waals surface area (Å²) in [5, 5.41) is 15.2. The molecule has 1 rings (SSSR count). The van der Waals surface area contributed by atoms with Gasteiger partial charge in [0.25, 0.3) is 0 Å². The van der Waals surface area contributed by atoms with E-state index in [1.165, 1.54) is 0 Å². The van der Waals surface area contributed by atoms with Crippen LogP contribution in [0.1, 0.15) is 45.4 Å². The molecular weight excluding hydrogens is 192 g/mol. The van der Waals surface area contributed by atoms with Crippen molar-refractivity contribution in [3.63, 3.8) is 0 Å². The zero-order chi connectivity index (χ0) is 11.1. The van der Waals surface area contributed by atoms with Crippen LogP contribution in [0.5, 0.6) is 0 Å². The van der Waals surface area contributed by atoms with Crippen LogP contribution in [-0.4, -0.2) is 29.8 Å². The molecule has 15 heavy (non-hydrogen) atoms. The van der Waals surface area contributed by atoms with Crippen molar-refractivity contribution < 1.29 is 9.90 Å². The third kappa shape index (κ3) is 4.51. The molecule has 0 heterocycles. The smallest absolute Gasteiger partial charge is 0.314 e. The summed E-state index contributed by atoms with van der Waals surface area (Å²) in [5.41, 5.74) is -0.624. The van der Waals surface area contributed by atoms with E-state index in [2.05, 4.69) is 17.6 Å². The summed E-state index contributed by atoms with van der Waals surface area (Å²) in [6.07, 6.45) is 6.00. The number of nitrogens with one attached hydrogen (secondary N) is 2. The van der Waals surface area contributed by atoms with Gasteiger partial charge in [-0.15, -0.1) is 0 Å². The molecule has 0 aliphatic heterocycles. The summed E-state index contributed by atoms with van der Waals surface area (Å²) in [6.45, 7) is 3.23. The first-order valence-corrected chi connectivity index (χ1v) is 5.90. The third-order valence-electron chi connectivity index (χ3n) is 2.93. The Morgan fingerprint density at radius 1 is 1.33 bits per heavy atom. The van der Waals surface area contributed by atoms with Gasteiger partial charge < -0.3 is 15.7 Å². The minimum atomic E-state index is -0.624. The van der Waals surface area contributed by atoms with Crippen LogP contribution in [0.3, 0.4) is 0 Å². The Hall–Kier alpha value is -0.770. The third-order valence-corrected chi connectivity index (χ3v) is 2.93. The van der Waals surface area contributed by atoms with E-state index in [4.69, 9.17) is 0 Å². The van der Waals surface area contributed by atoms with Crippen molar-refractivity contribution in [2.45, 2.75) is 51.0 Å². The predicted molar refractivity (Wildman–Crippen MR) is 59.7 cm³/mol. The van der Waals surface area contributed by atoms with Gasteiger partial charge in [-0.1, -0.05) is 19.8 Å². The van der Waals surface area contributed by atoms with Crippen LogP contribution >= 0.6 is 0 Å². The van der Waals surface area contributed by atoms with Crippen molar-refractivity contribution in [3.05, 3.63) is 0 Å². The first-order valence-electron chi connectivity index (χ1n) is 5.90. The topological polar surface area (TPSA) is 61.4 Å². The van der Waals surface area contributed by atoms with Crippen molar-refractivity contribution in [1.29, 1.82) is 0 Å². The molecule has 1 saturated carbocycles. The Labute approximate surface area is 91.4 Å². The summed E-state index contributed by atoms with van der Waals surface area (Å²) in [4.78, 5) is 11.3. The fraction of sp³-hybridized carbons (Fsp3) is 0.909. The second-order valence-corrected chi connectivity index (χ2v) is 4.39. The van der Waals surface area contributed by atoms with Crippen molar-refractivity contribution in [3.8, 4) is 0 Å². The standard InChI is InChI=1S/C11H22N2O2/c1-2-3-4-8-12-10(14)13-9-11(15)6-5-7-11/h15H,2-9H2,1H3,(H2,12,13,14). The van der Waals surface area contributed by atoms with E-state index in [0.29, 0.717) is 6.54 Å². The second-order valence-electron chi connectivity index (χ2n) is 4.39. The Bertz CT molecular complexity index is 203. The number of amides is 2. The molecule has 0 unspecified atom stereocenters. The van der Waals surface area contributed by atoms with Gasteiger partial charge in [0.2, 0.25) is 0 Å². The van der Waals surface area contributed by atoms with Gasteiger partial charge in [0.1, 0.15) is 0 Å². The summed E-state index contributed by atoms with van der Waals surface area (Å²) in [6, 6.07) is -0.161. The van der Waals surface area contributed by atoms with Crippen LogP contribution in [0.25, 0.3) is 0 Å². The highest BCUT2D eigenvalue weighted by Crippen LogP contribution is 2.30. The van der Waals surface area contributed by atoms with Crippen molar-refractivity contribution >= 4 is 6.03 Å². The van der Waals surface area contributed by atoms with E-state index in [0.717, 1.165) is 45.1 Å². The largest absolute Gasteiger partial charge is 0.388 e. The number of unbranched alkanes of at least 4 members (excludes halogenated alkanes) is 2. The molecule has 0 bridgehead atoms. The van der Waals surface area contributed by atoms with Gasteiger partial charge in [-0.3, -0.25) is 0 Å².